The minimum absolute atomic E-state index is 0.114. The summed E-state index contributed by atoms with van der Waals surface area (Å²) in [6, 6.07) is 14.9. The number of rotatable bonds is 6. The maximum Gasteiger partial charge on any atom is 0.297 e. The van der Waals surface area contributed by atoms with Crippen molar-refractivity contribution in [1.82, 2.24) is 19.9 Å². The standard InChI is InChI=1S/C25H22N4O5/c1-14-20(26-24(33-14)16-8-10-18(31-3)11-9-16)13-29-25(30)23-21(15(2)34-28-23)22(27-29)17-6-5-7-19(12-17)32-4/h5-12H,13H2,1-4H3. The van der Waals surface area contributed by atoms with Crippen LogP contribution in [0.5, 0.6) is 11.5 Å². The zero-order valence-corrected chi connectivity index (χ0v) is 19.2. The second kappa shape index (κ2) is 8.51. The molecule has 172 valence electrons. The van der Waals surface area contributed by atoms with Crippen molar-refractivity contribution in [3.8, 4) is 34.2 Å². The largest absolute Gasteiger partial charge is 0.497 e. The quantitative estimate of drug-likeness (QED) is 0.369. The first kappa shape index (κ1) is 21.4. The van der Waals surface area contributed by atoms with Crippen LogP contribution in [0.4, 0.5) is 0 Å². The van der Waals surface area contributed by atoms with Gasteiger partial charge in [-0.3, -0.25) is 4.79 Å². The van der Waals surface area contributed by atoms with Gasteiger partial charge in [0, 0.05) is 11.1 Å². The summed E-state index contributed by atoms with van der Waals surface area (Å²) >= 11 is 0. The predicted octanol–water partition coefficient (Wildman–Crippen LogP) is 4.39. The molecule has 0 aliphatic heterocycles. The Kier molecular flexibility index (Phi) is 5.37. The van der Waals surface area contributed by atoms with E-state index in [-0.39, 0.29) is 17.6 Å². The van der Waals surface area contributed by atoms with Gasteiger partial charge >= 0.3 is 0 Å². The molecule has 0 bridgehead atoms. The van der Waals surface area contributed by atoms with Crippen LogP contribution in [-0.4, -0.2) is 34.1 Å². The fourth-order valence-electron chi connectivity index (χ4n) is 3.79. The first-order valence-corrected chi connectivity index (χ1v) is 10.6. The number of oxazole rings is 1. The van der Waals surface area contributed by atoms with Crippen LogP contribution in [0.25, 0.3) is 33.6 Å². The molecule has 0 atom stereocenters. The van der Waals surface area contributed by atoms with Gasteiger partial charge in [-0.1, -0.05) is 17.3 Å². The smallest absolute Gasteiger partial charge is 0.297 e. The fraction of sp³-hybridized carbons (Fsp3) is 0.200. The van der Waals surface area contributed by atoms with Crippen LogP contribution in [0.2, 0.25) is 0 Å². The van der Waals surface area contributed by atoms with E-state index in [2.05, 4.69) is 15.2 Å². The Morgan fingerprint density at radius 2 is 1.71 bits per heavy atom. The maximum atomic E-state index is 13.2. The first-order valence-electron chi connectivity index (χ1n) is 10.6. The highest BCUT2D eigenvalue weighted by Gasteiger charge is 2.21. The molecule has 0 amide bonds. The summed E-state index contributed by atoms with van der Waals surface area (Å²) in [6.45, 7) is 3.68. The summed E-state index contributed by atoms with van der Waals surface area (Å²) in [5, 5.41) is 9.25. The number of nitrogens with zero attached hydrogens (tertiary/aromatic N) is 4. The number of hydrogen-bond acceptors (Lipinski definition) is 8. The Balaban J connectivity index is 1.59. The van der Waals surface area contributed by atoms with Gasteiger partial charge in [-0.25, -0.2) is 9.67 Å². The van der Waals surface area contributed by atoms with E-state index in [0.717, 1.165) is 16.9 Å². The SMILES string of the molecule is COc1ccc(-c2nc(Cn3nc(-c4cccc(OC)c4)c4c(C)onc4c3=O)c(C)o2)cc1. The molecular weight excluding hydrogens is 436 g/mol. The van der Waals surface area contributed by atoms with E-state index in [1.54, 1.807) is 21.1 Å². The van der Waals surface area contributed by atoms with Gasteiger partial charge in [0.15, 0.2) is 5.52 Å². The summed E-state index contributed by atoms with van der Waals surface area (Å²) in [4.78, 5) is 17.8. The van der Waals surface area contributed by atoms with Crippen molar-refractivity contribution in [1.29, 1.82) is 0 Å². The van der Waals surface area contributed by atoms with E-state index in [1.807, 2.05) is 55.5 Å². The van der Waals surface area contributed by atoms with Crippen molar-refractivity contribution in [3.05, 3.63) is 76.1 Å². The van der Waals surface area contributed by atoms with E-state index in [4.69, 9.17) is 18.4 Å². The predicted molar refractivity (Wildman–Crippen MR) is 125 cm³/mol. The van der Waals surface area contributed by atoms with Gasteiger partial charge < -0.3 is 18.4 Å². The lowest BCUT2D eigenvalue weighted by Crippen LogP contribution is -2.25. The van der Waals surface area contributed by atoms with Crippen LogP contribution in [0.1, 0.15) is 17.2 Å². The maximum absolute atomic E-state index is 13.2. The lowest BCUT2D eigenvalue weighted by molar-refractivity contribution is 0.405. The van der Waals surface area contributed by atoms with Crippen LogP contribution in [0.3, 0.4) is 0 Å². The van der Waals surface area contributed by atoms with Gasteiger partial charge in [0.05, 0.1) is 26.2 Å². The Morgan fingerprint density at radius 3 is 2.44 bits per heavy atom. The van der Waals surface area contributed by atoms with Crippen molar-refractivity contribution in [2.45, 2.75) is 20.4 Å². The Hall–Kier alpha value is -4.40. The summed E-state index contributed by atoms with van der Waals surface area (Å²) in [5.41, 5.74) is 2.59. The summed E-state index contributed by atoms with van der Waals surface area (Å²) in [5.74, 6) is 2.98. The highest BCUT2D eigenvalue weighted by atomic mass is 16.5. The van der Waals surface area contributed by atoms with Crippen molar-refractivity contribution >= 4 is 10.9 Å². The molecule has 0 fully saturated rings. The number of aromatic nitrogens is 4. The van der Waals surface area contributed by atoms with E-state index >= 15 is 0 Å². The van der Waals surface area contributed by atoms with Crippen molar-refractivity contribution in [2.75, 3.05) is 14.2 Å². The van der Waals surface area contributed by atoms with Crippen molar-refractivity contribution in [3.63, 3.8) is 0 Å². The molecule has 9 nitrogen and oxygen atoms in total. The van der Waals surface area contributed by atoms with Gasteiger partial charge in [-0.05, 0) is 50.2 Å². The third kappa shape index (κ3) is 3.71. The van der Waals surface area contributed by atoms with E-state index < -0.39 is 0 Å². The molecule has 5 rings (SSSR count). The first-order chi connectivity index (χ1) is 16.5. The second-order valence-electron chi connectivity index (χ2n) is 7.76. The number of methoxy groups -OCH3 is 2. The summed E-state index contributed by atoms with van der Waals surface area (Å²) < 4.78 is 23.1. The molecule has 3 heterocycles. The zero-order valence-electron chi connectivity index (χ0n) is 19.2. The second-order valence-corrected chi connectivity index (χ2v) is 7.76. The molecule has 0 N–H and O–H groups in total. The number of ether oxygens (including phenoxy) is 2. The number of benzene rings is 2. The molecule has 3 aromatic heterocycles. The van der Waals surface area contributed by atoms with E-state index in [0.29, 0.717) is 39.9 Å². The lowest BCUT2D eigenvalue weighted by Gasteiger charge is -2.09. The number of aryl methyl sites for hydroxylation is 2. The van der Waals surface area contributed by atoms with Gasteiger partial charge in [-0.2, -0.15) is 5.10 Å². The summed E-state index contributed by atoms with van der Waals surface area (Å²) in [6.07, 6.45) is 0. The Labute approximate surface area is 194 Å². The average molecular weight is 458 g/mol. The van der Waals surface area contributed by atoms with Gasteiger partial charge in [0.25, 0.3) is 5.56 Å². The molecule has 9 heteroatoms. The van der Waals surface area contributed by atoms with Crippen LogP contribution in [-0.2, 0) is 6.54 Å². The van der Waals surface area contributed by atoms with Gasteiger partial charge in [0.2, 0.25) is 5.89 Å². The average Bonchev–Trinajstić information content (AvgIpc) is 3.43. The van der Waals surface area contributed by atoms with E-state index in [9.17, 15) is 4.79 Å². The molecule has 5 aromatic rings. The molecule has 2 aromatic carbocycles. The monoisotopic (exact) mass is 458 g/mol. The molecule has 34 heavy (non-hydrogen) atoms. The number of hydrogen-bond donors (Lipinski definition) is 0. The van der Waals surface area contributed by atoms with Crippen LogP contribution in [0, 0.1) is 13.8 Å². The topological polar surface area (TPSA) is 105 Å². The molecule has 0 saturated heterocycles. The van der Waals surface area contributed by atoms with Crippen molar-refractivity contribution < 1.29 is 18.4 Å². The Morgan fingerprint density at radius 1 is 0.941 bits per heavy atom. The lowest BCUT2D eigenvalue weighted by atomic mass is 10.1. The third-order valence-electron chi connectivity index (χ3n) is 5.63. The van der Waals surface area contributed by atoms with Crippen LogP contribution in [0.15, 0.2) is 62.3 Å². The molecule has 0 aliphatic carbocycles. The molecule has 0 spiro atoms. The molecule has 0 saturated carbocycles. The zero-order chi connectivity index (χ0) is 23.8. The third-order valence-corrected chi connectivity index (χ3v) is 5.63. The van der Waals surface area contributed by atoms with Gasteiger partial charge in [-0.15, -0.1) is 0 Å². The minimum atomic E-state index is -0.369. The molecular formula is C25H22N4O5. The normalized spacial score (nSPS) is 11.2. The fourth-order valence-corrected chi connectivity index (χ4v) is 3.79. The number of fused-ring (bicyclic) bond motifs is 1. The highest BCUT2D eigenvalue weighted by molar-refractivity contribution is 5.93. The van der Waals surface area contributed by atoms with Crippen molar-refractivity contribution in [2.24, 2.45) is 0 Å². The Bertz CT molecular complexity index is 1550. The van der Waals surface area contributed by atoms with Gasteiger partial charge in [0.1, 0.15) is 34.4 Å². The minimum Gasteiger partial charge on any atom is -0.497 e. The molecule has 0 aliphatic rings. The van der Waals surface area contributed by atoms with E-state index in [1.165, 1.54) is 4.68 Å². The van der Waals surface area contributed by atoms with Crippen LogP contribution >= 0.6 is 0 Å². The molecule has 0 unspecified atom stereocenters. The van der Waals surface area contributed by atoms with Crippen LogP contribution < -0.4 is 15.0 Å². The summed E-state index contributed by atoms with van der Waals surface area (Å²) in [7, 11) is 3.21. The highest BCUT2D eigenvalue weighted by Crippen LogP contribution is 2.30. The molecule has 0 radical (unpaired) electrons.